The zero-order valence-corrected chi connectivity index (χ0v) is 12.9. The van der Waals surface area contributed by atoms with Crippen LogP contribution in [0.1, 0.15) is 20.8 Å². The number of rotatable bonds is 2. The van der Waals surface area contributed by atoms with Gasteiger partial charge >= 0.3 is 6.09 Å². The van der Waals surface area contributed by atoms with Gasteiger partial charge in [0.05, 0.1) is 11.4 Å². The van der Waals surface area contributed by atoms with E-state index in [0.717, 1.165) is 11.1 Å². The fraction of sp³-hybridized carbons (Fsp3) is 0.235. The molecule has 5 heteroatoms. The van der Waals surface area contributed by atoms with Gasteiger partial charge in [-0.15, -0.1) is 0 Å². The van der Waals surface area contributed by atoms with Crippen molar-refractivity contribution in [3.05, 3.63) is 42.5 Å². The molecule has 1 amide bonds. The Labute approximate surface area is 129 Å². The summed E-state index contributed by atoms with van der Waals surface area (Å²) in [5.41, 5.74) is 8.17. The van der Waals surface area contributed by atoms with Gasteiger partial charge in [-0.3, -0.25) is 5.32 Å². The van der Waals surface area contributed by atoms with Crippen LogP contribution in [-0.2, 0) is 4.74 Å². The van der Waals surface area contributed by atoms with Crippen LogP contribution in [0, 0.1) is 0 Å². The molecule has 0 saturated carbocycles. The van der Waals surface area contributed by atoms with E-state index in [2.05, 4.69) is 5.32 Å². The third-order valence-corrected chi connectivity index (χ3v) is 2.89. The zero-order valence-electron chi connectivity index (χ0n) is 12.9. The van der Waals surface area contributed by atoms with Crippen LogP contribution in [0.3, 0.4) is 0 Å². The lowest BCUT2D eigenvalue weighted by molar-refractivity contribution is 0.0636. The summed E-state index contributed by atoms with van der Waals surface area (Å²) < 4.78 is 5.19. The summed E-state index contributed by atoms with van der Waals surface area (Å²) >= 11 is 0. The molecular weight excluding hydrogens is 280 g/mol. The molecule has 0 spiro atoms. The first kappa shape index (κ1) is 15.7. The number of aromatic hydroxyl groups is 1. The minimum absolute atomic E-state index is 0.208. The van der Waals surface area contributed by atoms with Crippen molar-refractivity contribution in [3.63, 3.8) is 0 Å². The number of hydrogen-bond donors (Lipinski definition) is 3. The fourth-order valence-corrected chi connectivity index (χ4v) is 1.92. The zero-order chi connectivity index (χ0) is 16.3. The summed E-state index contributed by atoms with van der Waals surface area (Å²) in [7, 11) is 0. The van der Waals surface area contributed by atoms with E-state index in [9.17, 15) is 9.90 Å². The van der Waals surface area contributed by atoms with E-state index in [-0.39, 0.29) is 5.75 Å². The number of anilines is 2. The highest BCUT2D eigenvalue weighted by atomic mass is 16.6. The predicted octanol–water partition coefficient (Wildman–Crippen LogP) is 3.99. The van der Waals surface area contributed by atoms with Crippen LogP contribution in [-0.4, -0.2) is 16.8 Å². The maximum absolute atomic E-state index is 11.8. The highest BCUT2D eigenvalue weighted by Crippen LogP contribution is 2.28. The van der Waals surface area contributed by atoms with Gasteiger partial charge in [-0.05, 0) is 56.2 Å². The second-order valence-electron chi connectivity index (χ2n) is 5.98. The smallest absolute Gasteiger partial charge is 0.412 e. The Morgan fingerprint density at radius 2 is 1.68 bits per heavy atom. The summed E-state index contributed by atoms with van der Waals surface area (Å²) in [5.74, 6) is 0.208. The van der Waals surface area contributed by atoms with Gasteiger partial charge in [-0.2, -0.15) is 0 Å². The van der Waals surface area contributed by atoms with Crippen molar-refractivity contribution in [3.8, 4) is 16.9 Å². The van der Waals surface area contributed by atoms with E-state index in [0.29, 0.717) is 11.4 Å². The summed E-state index contributed by atoms with van der Waals surface area (Å²) in [6, 6.07) is 12.1. The first-order chi connectivity index (χ1) is 10.2. The third kappa shape index (κ3) is 4.15. The second-order valence-corrected chi connectivity index (χ2v) is 5.98. The van der Waals surface area contributed by atoms with Gasteiger partial charge in [0.15, 0.2) is 0 Å². The number of ether oxygens (including phenoxy) is 1. The molecule has 0 radical (unpaired) electrons. The number of carbonyl (C=O) groups excluding carboxylic acids is 1. The molecule has 5 nitrogen and oxygen atoms in total. The monoisotopic (exact) mass is 300 g/mol. The molecule has 0 fully saturated rings. The number of nitrogens with two attached hydrogens (primary N) is 1. The Kier molecular flexibility index (Phi) is 4.26. The van der Waals surface area contributed by atoms with E-state index < -0.39 is 11.7 Å². The van der Waals surface area contributed by atoms with E-state index >= 15 is 0 Å². The maximum atomic E-state index is 11.8. The molecule has 22 heavy (non-hydrogen) atoms. The van der Waals surface area contributed by atoms with Gasteiger partial charge in [0.25, 0.3) is 0 Å². The molecule has 2 aromatic rings. The quantitative estimate of drug-likeness (QED) is 0.732. The Bertz CT molecular complexity index is 673. The average Bonchev–Trinajstić information content (AvgIpc) is 2.40. The number of carbonyl (C=O) groups is 1. The molecule has 0 atom stereocenters. The number of amides is 1. The van der Waals surface area contributed by atoms with E-state index in [1.807, 2.05) is 6.07 Å². The Morgan fingerprint density at radius 1 is 1.09 bits per heavy atom. The Balaban J connectivity index is 2.16. The van der Waals surface area contributed by atoms with Gasteiger partial charge in [0.2, 0.25) is 0 Å². The van der Waals surface area contributed by atoms with Crippen LogP contribution in [0.15, 0.2) is 42.5 Å². The van der Waals surface area contributed by atoms with Crippen LogP contribution in [0.5, 0.6) is 5.75 Å². The van der Waals surface area contributed by atoms with Crippen molar-refractivity contribution in [1.82, 2.24) is 0 Å². The lowest BCUT2D eigenvalue weighted by Crippen LogP contribution is -2.27. The molecule has 4 N–H and O–H groups in total. The molecule has 0 bridgehead atoms. The van der Waals surface area contributed by atoms with Crippen LogP contribution < -0.4 is 11.1 Å². The van der Waals surface area contributed by atoms with Crippen molar-refractivity contribution in [2.45, 2.75) is 26.4 Å². The van der Waals surface area contributed by atoms with Crippen molar-refractivity contribution in [1.29, 1.82) is 0 Å². The molecule has 0 aliphatic heterocycles. The van der Waals surface area contributed by atoms with Crippen LogP contribution in [0.25, 0.3) is 11.1 Å². The second kappa shape index (κ2) is 5.97. The number of hydrogen-bond acceptors (Lipinski definition) is 4. The lowest BCUT2D eigenvalue weighted by Gasteiger charge is -2.20. The predicted molar refractivity (Wildman–Crippen MR) is 87.8 cm³/mol. The molecule has 0 heterocycles. The first-order valence-electron chi connectivity index (χ1n) is 6.93. The third-order valence-electron chi connectivity index (χ3n) is 2.89. The lowest BCUT2D eigenvalue weighted by atomic mass is 10.0. The normalized spacial score (nSPS) is 11.0. The van der Waals surface area contributed by atoms with Gasteiger partial charge < -0.3 is 15.6 Å². The standard InChI is InChI=1S/C17H20N2O3/c1-17(2,3)22-16(21)19-15-9-6-12(10-14(15)18)11-4-7-13(20)8-5-11/h4-10,20H,18H2,1-3H3,(H,19,21). The van der Waals surface area contributed by atoms with Gasteiger partial charge in [-0.25, -0.2) is 4.79 Å². The highest BCUT2D eigenvalue weighted by molar-refractivity contribution is 5.90. The van der Waals surface area contributed by atoms with Crippen LogP contribution >= 0.6 is 0 Å². The molecule has 0 unspecified atom stereocenters. The molecule has 116 valence electrons. The Morgan fingerprint density at radius 3 is 2.23 bits per heavy atom. The summed E-state index contributed by atoms with van der Waals surface area (Å²) in [6.45, 7) is 5.39. The summed E-state index contributed by atoms with van der Waals surface area (Å²) in [6.07, 6.45) is -0.545. The molecule has 2 aromatic carbocycles. The SMILES string of the molecule is CC(C)(C)OC(=O)Nc1ccc(-c2ccc(O)cc2)cc1N. The van der Waals surface area contributed by atoms with Gasteiger partial charge in [-0.1, -0.05) is 18.2 Å². The minimum atomic E-state index is -0.565. The maximum Gasteiger partial charge on any atom is 0.412 e. The number of nitrogen functional groups attached to an aromatic ring is 1. The molecule has 0 saturated heterocycles. The topological polar surface area (TPSA) is 84.6 Å². The Hall–Kier alpha value is -2.69. The average molecular weight is 300 g/mol. The van der Waals surface area contributed by atoms with Crippen molar-refractivity contribution in [2.75, 3.05) is 11.1 Å². The van der Waals surface area contributed by atoms with Crippen molar-refractivity contribution >= 4 is 17.5 Å². The number of phenols is 1. The molecule has 0 aliphatic carbocycles. The van der Waals surface area contributed by atoms with Gasteiger partial charge in [0.1, 0.15) is 11.4 Å². The number of nitrogens with one attached hydrogen (secondary N) is 1. The first-order valence-corrected chi connectivity index (χ1v) is 6.93. The fourth-order valence-electron chi connectivity index (χ4n) is 1.92. The van der Waals surface area contributed by atoms with E-state index in [4.69, 9.17) is 10.5 Å². The number of phenolic OH excluding ortho intramolecular Hbond substituents is 1. The minimum Gasteiger partial charge on any atom is -0.508 e. The summed E-state index contributed by atoms with van der Waals surface area (Å²) in [5, 5.41) is 11.9. The van der Waals surface area contributed by atoms with Crippen molar-refractivity contribution in [2.24, 2.45) is 0 Å². The molecule has 0 aliphatic rings. The summed E-state index contributed by atoms with van der Waals surface area (Å²) in [4.78, 5) is 11.8. The molecule has 0 aromatic heterocycles. The van der Waals surface area contributed by atoms with Gasteiger partial charge in [0, 0.05) is 0 Å². The molecule has 2 rings (SSSR count). The number of benzene rings is 2. The largest absolute Gasteiger partial charge is 0.508 e. The molecular formula is C17H20N2O3. The van der Waals surface area contributed by atoms with E-state index in [1.54, 1.807) is 57.2 Å². The van der Waals surface area contributed by atoms with E-state index in [1.165, 1.54) is 0 Å². The highest BCUT2D eigenvalue weighted by Gasteiger charge is 2.17. The van der Waals surface area contributed by atoms with Crippen LogP contribution in [0.4, 0.5) is 16.2 Å². The van der Waals surface area contributed by atoms with Crippen LogP contribution in [0.2, 0.25) is 0 Å². The van der Waals surface area contributed by atoms with Crippen molar-refractivity contribution < 1.29 is 14.6 Å².